The second-order valence-electron chi connectivity index (χ2n) is 7.76. The number of aryl methyl sites for hydroxylation is 1. The van der Waals surface area contributed by atoms with Crippen molar-refractivity contribution in [3.63, 3.8) is 0 Å². The first-order valence-corrected chi connectivity index (χ1v) is 11.8. The molecule has 0 bridgehead atoms. The van der Waals surface area contributed by atoms with Crippen molar-refractivity contribution in [3.05, 3.63) is 29.8 Å². The molecule has 0 saturated carbocycles. The first-order chi connectivity index (χ1) is 13.3. The van der Waals surface area contributed by atoms with Crippen LogP contribution in [0, 0.1) is 0 Å². The van der Waals surface area contributed by atoms with Crippen molar-refractivity contribution in [2.75, 3.05) is 12.5 Å². The van der Waals surface area contributed by atoms with Crippen molar-refractivity contribution in [2.45, 2.75) is 103 Å². The zero-order valence-corrected chi connectivity index (χ0v) is 18.2. The van der Waals surface area contributed by atoms with Crippen molar-refractivity contribution in [2.24, 2.45) is 0 Å². The van der Waals surface area contributed by atoms with E-state index in [1.54, 1.807) is 0 Å². The Kier molecular flexibility index (Phi) is 15.6. The minimum Gasteiger partial charge on any atom is -0.491 e. The Balaban J connectivity index is 1.96. The third-order valence-electron chi connectivity index (χ3n) is 5.09. The van der Waals surface area contributed by atoms with Crippen LogP contribution in [0.25, 0.3) is 0 Å². The van der Waals surface area contributed by atoms with Gasteiger partial charge in [0.05, 0.1) is 5.88 Å². The van der Waals surface area contributed by atoms with Crippen LogP contribution in [0.3, 0.4) is 0 Å². The molecular weight excluding hydrogens is 356 g/mol. The number of hydrogen-bond acceptors (Lipinski definition) is 2. The maximum absolute atomic E-state index is 9.47. The highest BCUT2D eigenvalue weighted by atomic mass is 35.5. The van der Waals surface area contributed by atoms with E-state index in [0.717, 1.165) is 12.2 Å². The molecular formula is C24H41ClO2. The molecule has 27 heavy (non-hydrogen) atoms. The first-order valence-electron chi connectivity index (χ1n) is 11.2. The van der Waals surface area contributed by atoms with Gasteiger partial charge in [-0.1, -0.05) is 96.1 Å². The molecule has 0 aliphatic heterocycles. The van der Waals surface area contributed by atoms with E-state index in [0.29, 0.717) is 0 Å². The molecule has 156 valence electrons. The molecule has 0 fully saturated rings. The summed E-state index contributed by atoms with van der Waals surface area (Å²) >= 11 is 5.59. The summed E-state index contributed by atoms with van der Waals surface area (Å²) in [6.07, 6.45) is 18.5. The van der Waals surface area contributed by atoms with Crippen LogP contribution in [-0.2, 0) is 6.42 Å². The third kappa shape index (κ3) is 14.0. The standard InChI is InChI=1S/C24H41ClO2/c1-2-3-4-5-6-7-8-9-10-11-12-13-14-16-22-17-15-18-24(19-22)27-21-23(26)20-25/h15,17-19,23,26H,2-14,16,20-21H2,1H3. The van der Waals surface area contributed by atoms with Crippen molar-refractivity contribution < 1.29 is 9.84 Å². The minimum atomic E-state index is -0.601. The molecule has 1 aromatic rings. The van der Waals surface area contributed by atoms with Gasteiger partial charge in [-0.25, -0.2) is 0 Å². The van der Waals surface area contributed by atoms with Crippen LogP contribution in [0.15, 0.2) is 24.3 Å². The van der Waals surface area contributed by atoms with Gasteiger partial charge in [-0.2, -0.15) is 0 Å². The molecule has 0 amide bonds. The number of halogens is 1. The molecule has 0 aliphatic rings. The van der Waals surface area contributed by atoms with Gasteiger partial charge in [0.15, 0.2) is 0 Å². The predicted octanol–water partition coefficient (Wildman–Crippen LogP) is 7.30. The molecule has 0 aliphatic carbocycles. The van der Waals surface area contributed by atoms with Gasteiger partial charge < -0.3 is 9.84 Å². The van der Waals surface area contributed by atoms with E-state index in [-0.39, 0.29) is 12.5 Å². The van der Waals surface area contributed by atoms with Crippen molar-refractivity contribution in [1.82, 2.24) is 0 Å². The van der Waals surface area contributed by atoms with Crippen LogP contribution in [0.2, 0.25) is 0 Å². The van der Waals surface area contributed by atoms with Crippen LogP contribution in [0.4, 0.5) is 0 Å². The number of hydrogen-bond donors (Lipinski definition) is 1. The van der Waals surface area contributed by atoms with Crippen LogP contribution < -0.4 is 4.74 Å². The van der Waals surface area contributed by atoms with E-state index in [2.05, 4.69) is 19.1 Å². The highest BCUT2D eigenvalue weighted by Crippen LogP contribution is 2.17. The molecule has 1 unspecified atom stereocenters. The van der Waals surface area contributed by atoms with Gasteiger partial charge in [-0.05, 0) is 30.5 Å². The minimum absolute atomic E-state index is 0.207. The normalized spacial score (nSPS) is 12.3. The third-order valence-corrected chi connectivity index (χ3v) is 5.44. The summed E-state index contributed by atoms with van der Waals surface area (Å²) in [5, 5.41) is 9.47. The van der Waals surface area contributed by atoms with Gasteiger partial charge in [0.1, 0.15) is 18.5 Å². The lowest BCUT2D eigenvalue weighted by molar-refractivity contribution is 0.125. The fraction of sp³-hybridized carbons (Fsp3) is 0.750. The van der Waals surface area contributed by atoms with Gasteiger partial charge in [0.2, 0.25) is 0 Å². The van der Waals surface area contributed by atoms with E-state index in [9.17, 15) is 5.11 Å². The molecule has 2 nitrogen and oxygen atoms in total. The monoisotopic (exact) mass is 396 g/mol. The number of unbranched alkanes of at least 4 members (excludes halogenated alkanes) is 12. The highest BCUT2D eigenvalue weighted by molar-refractivity contribution is 6.18. The molecule has 0 spiro atoms. The van der Waals surface area contributed by atoms with Gasteiger partial charge in [-0.3, -0.25) is 0 Å². The van der Waals surface area contributed by atoms with Gasteiger partial charge in [0.25, 0.3) is 0 Å². The number of aliphatic hydroxyl groups is 1. The summed E-state index contributed by atoms with van der Waals surface area (Å²) in [6.45, 7) is 2.54. The molecule has 1 rings (SSSR count). The first kappa shape index (κ1) is 24.3. The fourth-order valence-electron chi connectivity index (χ4n) is 3.37. The maximum Gasteiger partial charge on any atom is 0.119 e. The topological polar surface area (TPSA) is 29.5 Å². The quantitative estimate of drug-likeness (QED) is 0.208. The average Bonchev–Trinajstić information content (AvgIpc) is 2.70. The van der Waals surface area contributed by atoms with E-state index in [4.69, 9.17) is 16.3 Å². The number of alkyl halides is 1. The molecule has 0 aromatic heterocycles. The molecule has 0 saturated heterocycles. The maximum atomic E-state index is 9.47. The number of aliphatic hydroxyl groups excluding tert-OH is 1. The molecule has 1 aromatic carbocycles. The summed E-state index contributed by atoms with van der Waals surface area (Å²) in [5.74, 6) is 1.03. The van der Waals surface area contributed by atoms with Gasteiger partial charge in [-0.15, -0.1) is 11.6 Å². The largest absolute Gasteiger partial charge is 0.491 e. The second-order valence-corrected chi connectivity index (χ2v) is 8.07. The molecule has 3 heteroatoms. The summed E-state index contributed by atoms with van der Waals surface area (Å²) in [4.78, 5) is 0. The van der Waals surface area contributed by atoms with Crippen molar-refractivity contribution in [1.29, 1.82) is 0 Å². The van der Waals surface area contributed by atoms with Crippen LogP contribution in [0.1, 0.15) is 96.0 Å². The van der Waals surface area contributed by atoms with Crippen molar-refractivity contribution >= 4 is 11.6 Å². The smallest absolute Gasteiger partial charge is 0.119 e. The van der Waals surface area contributed by atoms with Crippen LogP contribution in [0.5, 0.6) is 5.75 Å². The predicted molar refractivity (Wildman–Crippen MR) is 118 cm³/mol. The summed E-state index contributed by atoms with van der Waals surface area (Å²) in [7, 11) is 0. The lowest BCUT2D eigenvalue weighted by atomic mass is 10.0. The van der Waals surface area contributed by atoms with E-state index in [1.807, 2.05) is 12.1 Å². The number of rotatable bonds is 18. The Morgan fingerprint density at radius 3 is 1.96 bits per heavy atom. The van der Waals surface area contributed by atoms with E-state index < -0.39 is 6.10 Å². The van der Waals surface area contributed by atoms with Crippen LogP contribution >= 0.6 is 11.6 Å². The second kappa shape index (κ2) is 17.4. The zero-order chi connectivity index (χ0) is 19.6. The fourth-order valence-corrected chi connectivity index (χ4v) is 3.46. The molecule has 1 atom stereocenters. The summed E-state index contributed by atoms with van der Waals surface area (Å²) < 4.78 is 5.58. The Labute approximate surface area is 172 Å². The lowest BCUT2D eigenvalue weighted by Gasteiger charge is -2.10. The summed E-state index contributed by atoms with van der Waals surface area (Å²) in [6, 6.07) is 8.21. The number of ether oxygens (including phenoxy) is 1. The Morgan fingerprint density at radius 2 is 1.41 bits per heavy atom. The van der Waals surface area contributed by atoms with Crippen LogP contribution in [-0.4, -0.2) is 23.7 Å². The Bertz CT molecular complexity index is 450. The summed E-state index contributed by atoms with van der Waals surface area (Å²) in [5.41, 5.74) is 1.32. The van der Waals surface area contributed by atoms with E-state index in [1.165, 1.54) is 89.0 Å². The zero-order valence-electron chi connectivity index (χ0n) is 17.4. The van der Waals surface area contributed by atoms with Gasteiger partial charge >= 0.3 is 0 Å². The van der Waals surface area contributed by atoms with Crippen molar-refractivity contribution in [3.8, 4) is 5.75 Å². The SMILES string of the molecule is CCCCCCCCCCCCCCCc1cccc(OCC(O)CCl)c1. The molecule has 0 heterocycles. The van der Waals surface area contributed by atoms with E-state index >= 15 is 0 Å². The number of benzene rings is 1. The highest BCUT2D eigenvalue weighted by Gasteiger charge is 2.03. The molecule has 0 radical (unpaired) electrons. The Morgan fingerprint density at radius 1 is 0.852 bits per heavy atom. The Hall–Kier alpha value is -0.730. The average molecular weight is 397 g/mol. The van der Waals surface area contributed by atoms with Gasteiger partial charge in [0, 0.05) is 0 Å². The molecule has 1 N–H and O–H groups in total. The lowest BCUT2D eigenvalue weighted by Crippen LogP contribution is -2.18.